The van der Waals surface area contributed by atoms with Crippen molar-refractivity contribution in [1.29, 1.82) is 0 Å². The van der Waals surface area contributed by atoms with E-state index in [1.54, 1.807) is 4.90 Å². The van der Waals surface area contributed by atoms with Crippen LogP contribution >= 0.6 is 11.6 Å². The van der Waals surface area contributed by atoms with E-state index in [1.807, 2.05) is 39.9 Å². The van der Waals surface area contributed by atoms with Gasteiger partial charge in [-0.15, -0.1) is 0 Å². The Bertz CT molecular complexity index is 940. The summed E-state index contributed by atoms with van der Waals surface area (Å²) in [5.41, 5.74) is 2.27. The molecule has 2 atom stereocenters. The normalized spacial score (nSPS) is 20.9. The van der Waals surface area contributed by atoms with Crippen molar-refractivity contribution >= 4 is 23.4 Å². The molecule has 166 valence electrons. The van der Waals surface area contributed by atoms with E-state index >= 15 is 0 Å². The Hall–Kier alpha value is -2.34. The molecule has 1 fully saturated rings. The van der Waals surface area contributed by atoms with E-state index in [9.17, 15) is 9.59 Å². The number of rotatable bonds is 7. The molecule has 2 amide bonds. The largest absolute Gasteiger partial charge is 0.341 e. The summed E-state index contributed by atoms with van der Waals surface area (Å²) in [6, 6.07) is 9.44. The zero-order chi connectivity index (χ0) is 22.0. The van der Waals surface area contributed by atoms with Crippen molar-refractivity contribution in [3.8, 4) is 11.3 Å². The van der Waals surface area contributed by atoms with Gasteiger partial charge in [0.15, 0.2) is 0 Å². The standard InChI is InChI=1S/C24H31ClN4O2/c1-3-4-5-6-20-15-28(16-23(30)27-12-11-17(2)14-27)24(31)22-13-21(26-29(20)22)18-7-9-19(25)10-8-18/h7-10,13,17,20H,3-6,11-12,14-16H2,1-2H3. The first-order valence-electron chi connectivity index (χ1n) is 11.4. The van der Waals surface area contributed by atoms with Crippen LogP contribution < -0.4 is 0 Å². The Balaban J connectivity index is 1.58. The van der Waals surface area contributed by atoms with Crippen LogP contribution in [0.5, 0.6) is 0 Å². The third-order valence-electron chi connectivity index (χ3n) is 6.40. The van der Waals surface area contributed by atoms with E-state index in [1.165, 1.54) is 0 Å². The van der Waals surface area contributed by atoms with Gasteiger partial charge in [-0.2, -0.15) is 5.10 Å². The fourth-order valence-corrected chi connectivity index (χ4v) is 4.70. The summed E-state index contributed by atoms with van der Waals surface area (Å²) >= 11 is 6.03. The number of aromatic nitrogens is 2. The van der Waals surface area contributed by atoms with Crippen molar-refractivity contribution in [3.05, 3.63) is 41.0 Å². The van der Waals surface area contributed by atoms with E-state index in [2.05, 4.69) is 13.8 Å². The third-order valence-corrected chi connectivity index (χ3v) is 6.65. The predicted molar refractivity (Wildman–Crippen MR) is 122 cm³/mol. The van der Waals surface area contributed by atoms with Crippen molar-refractivity contribution in [2.24, 2.45) is 5.92 Å². The summed E-state index contributed by atoms with van der Waals surface area (Å²) < 4.78 is 1.89. The number of likely N-dealkylation sites (tertiary alicyclic amines) is 1. The zero-order valence-corrected chi connectivity index (χ0v) is 19.1. The van der Waals surface area contributed by atoms with Crippen LogP contribution in [0.15, 0.2) is 30.3 Å². The number of hydrogen-bond donors (Lipinski definition) is 0. The number of halogens is 1. The molecule has 2 aromatic rings. The molecule has 0 bridgehead atoms. The lowest BCUT2D eigenvalue weighted by molar-refractivity contribution is -0.131. The maximum atomic E-state index is 13.3. The molecule has 0 radical (unpaired) electrons. The minimum atomic E-state index is -0.111. The van der Waals surface area contributed by atoms with Crippen molar-refractivity contribution in [1.82, 2.24) is 19.6 Å². The molecule has 7 heteroatoms. The van der Waals surface area contributed by atoms with Crippen LogP contribution in [0.2, 0.25) is 5.02 Å². The highest BCUT2D eigenvalue weighted by Gasteiger charge is 2.35. The third kappa shape index (κ3) is 4.79. The number of fused-ring (bicyclic) bond motifs is 1. The lowest BCUT2D eigenvalue weighted by Gasteiger charge is -2.34. The SMILES string of the molecule is CCCCCC1CN(CC(=O)N2CCC(C)C2)C(=O)c2cc(-c3ccc(Cl)cc3)nn21. The molecule has 2 aliphatic heterocycles. The van der Waals surface area contributed by atoms with Gasteiger partial charge in [-0.05, 0) is 37.0 Å². The first-order valence-corrected chi connectivity index (χ1v) is 11.8. The fourth-order valence-electron chi connectivity index (χ4n) is 4.58. The van der Waals surface area contributed by atoms with Crippen LogP contribution in [-0.2, 0) is 4.79 Å². The van der Waals surface area contributed by atoms with Crippen LogP contribution in [-0.4, -0.2) is 57.6 Å². The summed E-state index contributed by atoms with van der Waals surface area (Å²) in [4.78, 5) is 29.7. The Morgan fingerprint density at radius 1 is 1.19 bits per heavy atom. The quantitative estimate of drug-likeness (QED) is 0.586. The highest BCUT2D eigenvalue weighted by atomic mass is 35.5. The fraction of sp³-hybridized carbons (Fsp3) is 0.542. The molecule has 0 saturated carbocycles. The second kappa shape index (κ2) is 9.43. The van der Waals surface area contributed by atoms with Gasteiger partial charge in [0, 0.05) is 30.2 Å². The Kier molecular flexibility index (Phi) is 6.65. The van der Waals surface area contributed by atoms with Gasteiger partial charge in [0.1, 0.15) is 12.2 Å². The molecule has 3 heterocycles. The van der Waals surface area contributed by atoms with E-state index < -0.39 is 0 Å². The minimum Gasteiger partial charge on any atom is -0.341 e. The highest BCUT2D eigenvalue weighted by molar-refractivity contribution is 6.30. The highest BCUT2D eigenvalue weighted by Crippen LogP contribution is 2.30. The van der Waals surface area contributed by atoms with Gasteiger partial charge in [-0.1, -0.05) is 56.8 Å². The second-order valence-electron chi connectivity index (χ2n) is 8.94. The van der Waals surface area contributed by atoms with Gasteiger partial charge in [0.2, 0.25) is 5.91 Å². The molecule has 1 saturated heterocycles. The molecule has 2 aliphatic rings. The van der Waals surface area contributed by atoms with Crippen LogP contribution in [0.25, 0.3) is 11.3 Å². The van der Waals surface area contributed by atoms with E-state index in [4.69, 9.17) is 16.7 Å². The number of hydrogen-bond acceptors (Lipinski definition) is 3. The number of benzene rings is 1. The van der Waals surface area contributed by atoms with Crippen molar-refractivity contribution in [3.63, 3.8) is 0 Å². The number of nitrogens with zero attached hydrogens (tertiary/aromatic N) is 4. The Labute approximate surface area is 189 Å². The first-order chi connectivity index (χ1) is 15.0. The molecule has 0 N–H and O–H groups in total. The average molecular weight is 443 g/mol. The van der Waals surface area contributed by atoms with Crippen LogP contribution in [0.3, 0.4) is 0 Å². The van der Waals surface area contributed by atoms with Crippen molar-refractivity contribution in [2.45, 2.75) is 52.0 Å². The molecule has 1 aromatic carbocycles. The van der Waals surface area contributed by atoms with Gasteiger partial charge < -0.3 is 9.80 Å². The van der Waals surface area contributed by atoms with Crippen molar-refractivity contribution < 1.29 is 9.59 Å². The maximum Gasteiger partial charge on any atom is 0.272 e. The predicted octanol–water partition coefficient (Wildman–Crippen LogP) is 4.65. The molecule has 6 nitrogen and oxygen atoms in total. The van der Waals surface area contributed by atoms with Gasteiger partial charge in [0.05, 0.1) is 11.7 Å². The monoisotopic (exact) mass is 442 g/mol. The van der Waals surface area contributed by atoms with Crippen LogP contribution in [0, 0.1) is 5.92 Å². The van der Waals surface area contributed by atoms with Gasteiger partial charge >= 0.3 is 0 Å². The van der Waals surface area contributed by atoms with Crippen LogP contribution in [0.4, 0.5) is 0 Å². The molecular formula is C24H31ClN4O2. The number of unbranched alkanes of at least 4 members (excludes halogenated alkanes) is 2. The molecule has 2 unspecified atom stereocenters. The molecule has 31 heavy (non-hydrogen) atoms. The zero-order valence-electron chi connectivity index (χ0n) is 18.4. The number of amides is 2. The maximum absolute atomic E-state index is 13.3. The van der Waals surface area contributed by atoms with Gasteiger partial charge in [-0.3, -0.25) is 14.3 Å². The summed E-state index contributed by atoms with van der Waals surface area (Å²) in [7, 11) is 0. The topological polar surface area (TPSA) is 58.4 Å². The van der Waals surface area contributed by atoms with E-state index in [-0.39, 0.29) is 24.4 Å². The van der Waals surface area contributed by atoms with Crippen molar-refractivity contribution in [2.75, 3.05) is 26.2 Å². The molecular weight excluding hydrogens is 412 g/mol. The Morgan fingerprint density at radius 3 is 2.65 bits per heavy atom. The molecule has 0 aliphatic carbocycles. The average Bonchev–Trinajstić information content (AvgIpc) is 3.39. The smallest absolute Gasteiger partial charge is 0.272 e. The minimum absolute atomic E-state index is 0.0518. The number of carbonyl (C=O) groups excluding carboxylic acids is 2. The van der Waals surface area contributed by atoms with Gasteiger partial charge in [0.25, 0.3) is 5.91 Å². The number of carbonyl (C=O) groups is 2. The van der Waals surface area contributed by atoms with Crippen LogP contribution in [0.1, 0.15) is 62.5 Å². The second-order valence-corrected chi connectivity index (χ2v) is 9.37. The first kappa shape index (κ1) is 21.9. The van der Waals surface area contributed by atoms with E-state index in [0.29, 0.717) is 23.2 Å². The lowest BCUT2D eigenvalue weighted by atomic mass is 10.0. The molecule has 1 aromatic heterocycles. The lowest BCUT2D eigenvalue weighted by Crippen LogP contribution is -2.48. The summed E-state index contributed by atoms with van der Waals surface area (Å²) in [6.45, 7) is 6.62. The van der Waals surface area contributed by atoms with Gasteiger partial charge in [-0.25, -0.2) is 0 Å². The Morgan fingerprint density at radius 2 is 1.97 bits per heavy atom. The summed E-state index contributed by atoms with van der Waals surface area (Å²) in [5.74, 6) is 0.474. The molecule has 4 rings (SSSR count). The summed E-state index contributed by atoms with van der Waals surface area (Å²) in [6.07, 6.45) is 5.35. The summed E-state index contributed by atoms with van der Waals surface area (Å²) in [5, 5.41) is 5.46. The van der Waals surface area contributed by atoms with E-state index in [0.717, 1.165) is 56.5 Å². The molecule has 0 spiro atoms.